The summed E-state index contributed by atoms with van der Waals surface area (Å²) in [6.45, 7) is 9.15. The predicted molar refractivity (Wildman–Crippen MR) is 102 cm³/mol. The van der Waals surface area contributed by atoms with E-state index < -0.39 is 0 Å². The zero-order chi connectivity index (χ0) is 16.9. The number of rotatable bonds is 7. The van der Waals surface area contributed by atoms with Crippen LogP contribution in [-0.4, -0.2) is 41.0 Å². The first-order chi connectivity index (χ1) is 11.6. The highest BCUT2D eigenvalue weighted by Gasteiger charge is 2.15. The van der Waals surface area contributed by atoms with Crippen LogP contribution >= 0.6 is 11.3 Å². The second kappa shape index (κ2) is 8.24. The van der Waals surface area contributed by atoms with Crippen molar-refractivity contribution in [1.29, 1.82) is 0 Å². The van der Waals surface area contributed by atoms with Crippen LogP contribution in [-0.2, 0) is 19.5 Å². The van der Waals surface area contributed by atoms with E-state index in [9.17, 15) is 0 Å². The number of aryl methyl sites for hydroxylation is 1. The van der Waals surface area contributed by atoms with Crippen LogP contribution in [0.15, 0.2) is 30.5 Å². The molecule has 1 aliphatic rings. The Bertz CT molecular complexity index is 646. The molecule has 0 spiro atoms. The molecule has 4 heteroatoms. The fraction of sp³-hybridized carbons (Fsp3) is 0.550. The number of thiophene rings is 1. The molecule has 0 radical (unpaired) electrons. The maximum absolute atomic E-state index is 4.54. The van der Waals surface area contributed by atoms with Gasteiger partial charge in [-0.25, -0.2) is 0 Å². The first-order valence-electron chi connectivity index (χ1n) is 9.02. The van der Waals surface area contributed by atoms with Gasteiger partial charge >= 0.3 is 0 Å². The van der Waals surface area contributed by atoms with E-state index >= 15 is 0 Å². The fourth-order valence-corrected chi connectivity index (χ4v) is 4.45. The minimum Gasteiger partial charge on any atom is -0.298 e. The molecule has 3 heterocycles. The summed E-state index contributed by atoms with van der Waals surface area (Å²) in [5, 5.41) is 0. The van der Waals surface area contributed by atoms with Gasteiger partial charge in [-0.2, -0.15) is 0 Å². The third-order valence-corrected chi connectivity index (χ3v) is 6.11. The lowest BCUT2D eigenvalue weighted by molar-refractivity contribution is 0.248. The van der Waals surface area contributed by atoms with Crippen molar-refractivity contribution in [3.05, 3.63) is 51.5 Å². The fourth-order valence-electron chi connectivity index (χ4n) is 3.32. The van der Waals surface area contributed by atoms with Gasteiger partial charge in [-0.3, -0.25) is 14.8 Å². The van der Waals surface area contributed by atoms with E-state index in [-0.39, 0.29) is 0 Å². The molecule has 1 aliphatic heterocycles. The van der Waals surface area contributed by atoms with Gasteiger partial charge in [0.2, 0.25) is 0 Å². The maximum Gasteiger partial charge on any atom is 0.0448 e. The van der Waals surface area contributed by atoms with Crippen molar-refractivity contribution in [2.45, 2.75) is 52.2 Å². The molecule has 2 aromatic rings. The molecule has 0 aliphatic carbocycles. The summed E-state index contributed by atoms with van der Waals surface area (Å²) in [7, 11) is 2.23. The van der Waals surface area contributed by atoms with Crippen molar-refractivity contribution >= 4 is 11.3 Å². The first-order valence-corrected chi connectivity index (χ1v) is 9.84. The molecule has 3 rings (SSSR count). The van der Waals surface area contributed by atoms with E-state index in [1.165, 1.54) is 46.9 Å². The molecule has 2 aromatic heterocycles. The van der Waals surface area contributed by atoms with Gasteiger partial charge in [0.05, 0.1) is 0 Å². The average molecular weight is 344 g/mol. The lowest BCUT2D eigenvalue weighted by Gasteiger charge is -2.24. The summed E-state index contributed by atoms with van der Waals surface area (Å²) < 4.78 is 0. The largest absolute Gasteiger partial charge is 0.298 e. The molecule has 3 nitrogen and oxygen atoms in total. The van der Waals surface area contributed by atoms with Crippen molar-refractivity contribution in [2.75, 3.05) is 20.1 Å². The molecule has 1 saturated heterocycles. The Labute approximate surface area is 150 Å². The van der Waals surface area contributed by atoms with Crippen LogP contribution in [0.5, 0.6) is 0 Å². The molecule has 0 unspecified atom stereocenters. The maximum atomic E-state index is 4.54. The van der Waals surface area contributed by atoms with Crippen LogP contribution in [0.2, 0.25) is 0 Å². The molecule has 1 atom stereocenters. The van der Waals surface area contributed by atoms with E-state index in [1.54, 1.807) is 0 Å². The molecule has 24 heavy (non-hydrogen) atoms. The monoisotopic (exact) mass is 343 g/mol. The highest BCUT2D eigenvalue weighted by Crippen LogP contribution is 2.22. The van der Waals surface area contributed by atoms with Crippen molar-refractivity contribution in [1.82, 2.24) is 14.8 Å². The van der Waals surface area contributed by atoms with Crippen LogP contribution in [0.4, 0.5) is 0 Å². The predicted octanol–water partition coefficient (Wildman–Crippen LogP) is 4.11. The quantitative estimate of drug-likeness (QED) is 0.754. The molecule has 1 fully saturated rings. The van der Waals surface area contributed by atoms with Crippen LogP contribution in [0.3, 0.4) is 0 Å². The topological polar surface area (TPSA) is 19.4 Å². The minimum atomic E-state index is 0.489. The van der Waals surface area contributed by atoms with Crippen LogP contribution in [0, 0.1) is 6.92 Å². The summed E-state index contributed by atoms with van der Waals surface area (Å²) in [5.74, 6) is 0. The number of hydrogen-bond donors (Lipinski definition) is 0. The van der Waals surface area contributed by atoms with E-state index in [0.29, 0.717) is 6.04 Å². The lowest BCUT2D eigenvalue weighted by atomic mass is 10.1. The second-order valence-corrected chi connectivity index (χ2v) is 8.34. The second-order valence-electron chi connectivity index (χ2n) is 7.09. The third-order valence-electron chi connectivity index (χ3n) is 5.06. The van der Waals surface area contributed by atoms with Crippen molar-refractivity contribution in [3.8, 4) is 0 Å². The van der Waals surface area contributed by atoms with Crippen molar-refractivity contribution in [3.63, 3.8) is 0 Å². The number of hydrogen-bond acceptors (Lipinski definition) is 4. The summed E-state index contributed by atoms with van der Waals surface area (Å²) in [6, 6.07) is 9.29. The number of pyridine rings is 1. The Morgan fingerprint density at radius 3 is 2.71 bits per heavy atom. The summed E-state index contributed by atoms with van der Waals surface area (Å²) in [4.78, 5) is 12.5. The third kappa shape index (κ3) is 4.65. The van der Waals surface area contributed by atoms with E-state index in [1.807, 2.05) is 23.6 Å². The average Bonchev–Trinajstić information content (AvgIpc) is 3.22. The van der Waals surface area contributed by atoms with Gasteiger partial charge in [0.1, 0.15) is 0 Å². The van der Waals surface area contributed by atoms with E-state index in [0.717, 1.165) is 19.5 Å². The molecule has 130 valence electrons. The van der Waals surface area contributed by atoms with E-state index in [4.69, 9.17) is 0 Å². The van der Waals surface area contributed by atoms with Gasteiger partial charge in [0.15, 0.2) is 0 Å². The first kappa shape index (κ1) is 17.6. The zero-order valence-corrected chi connectivity index (χ0v) is 16.0. The molecule has 0 aromatic carbocycles. The van der Waals surface area contributed by atoms with Crippen molar-refractivity contribution < 1.29 is 0 Å². The number of aromatic nitrogens is 1. The highest BCUT2D eigenvalue weighted by atomic mass is 32.1. The number of likely N-dealkylation sites (tertiary alicyclic amines) is 1. The normalized spacial score (nSPS) is 16.8. The van der Waals surface area contributed by atoms with Crippen LogP contribution < -0.4 is 0 Å². The molecular weight excluding hydrogens is 314 g/mol. The van der Waals surface area contributed by atoms with Gasteiger partial charge in [-0.1, -0.05) is 6.07 Å². The summed E-state index contributed by atoms with van der Waals surface area (Å²) in [5.41, 5.74) is 2.51. The minimum absolute atomic E-state index is 0.489. The number of likely N-dealkylation sites (N-methyl/N-ethyl adjacent to an activating group) is 1. The Kier molecular flexibility index (Phi) is 6.04. The van der Waals surface area contributed by atoms with Crippen LogP contribution in [0.1, 0.15) is 40.8 Å². The molecule has 0 saturated carbocycles. The lowest BCUT2D eigenvalue weighted by Crippen LogP contribution is -2.30. The van der Waals surface area contributed by atoms with Gasteiger partial charge in [-0.05, 0) is 70.6 Å². The Morgan fingerprint density at radius 2 is 1.96 bits per heavy atom. The molecular formula is C20H29N3S. The Hall–Kier alpha value is -1.23. The van der Waals surface area contributed by atoms with Gasteiger partial charge in [0, 0.05) is 47.2 Å². The van der Waals surface area contributed by atoms with E-state index in [2.05, 4.69) is 53.9 Å². The molecule has 0 amide bonds. The highest BCUT2D eigenvalue weighted by molar-refractivity contribution is 7.11. The Balaban J connectivity index is 1.53. The SMILES string of the molecule is Cc1cccnc1C[C@H](C)N(C)Cc1ccc(CN2CCCC2)s1. The molecule has 0 N–H and O–H groups in total. The van der Waals surface area contributed by atoms with Crippen LogP contribution in [0.25, 0.3) is 0 Å². The van der Waals surface area contributed by atoms with Crippen molar-refractivity contribution in [2.24, 2.45) is 0 Å². The van der Waals surface area contributed by atoms with Gasteiger partial charge < -0.3 is 0 Å². The zero-order valence-electron chi connectivity index (χ0n) is 15.2. The smallest absolute Gasteiger partial charge is 0.0448 e. The Morgan fingerprint density at radius 1 is 1.21 bits per heavy atom. The van der Waals surface area contributed by atoms with Gasteiger partial charge in [0.25, 0.3) is 0 Å². The summed E-state index contributed by atoms with van der Waals surface area (Å²) >= 11 is 1.98. The standard InChI is InChI=1S/C20H29N3S/c1-16-7-6-10-21-20(16)13-17(2)22(3)14-18-8-9-19(24-18)15-23-11-4-5-12-23/h6-10,17H,4-5,11-15H2,1-3H3/t17-/m0/s1. The number of nitrogens with zero attached hydrogens (tertiary/aromatic N) is 3. The summed E-state index contributed by atoms with van der Waals surface area (Å²) in [6.07, 6.45) is 5.64. The van der Waals surface area contributed by atoms with Gasteiger partial charge in [-0.15, -0.1) is 11.3 Å². The molecule has 0 bridgehead atoms.